The van der Waals surface area contributed by atoms with Crippen LogP contribution in [0.1, 0.15) is 45.3 Å². The zero-order valence-electron chi connectivity index (χ0n) is 12.1. The van der Waals surface area contributed by atoms with Crippen LogP contribution in [0.2, 0.25) is 0 Å². The van der Waals surface area contributed by atoms with Crippen molar-refractivity contribution >= 4 is 21.6 Å². The van der Waals surface area contributed by atoms with Crippen LogP contribution in [0.25, 0.3) is 0 Å². The molecule has 106 valence electrons. The van der Waals surface area contributed by atoms with Crippen molar-refractivity contribution in [2.24, 2.45) is 11.8 Å². The number of aliphatic hydroxyl groups is 1. The first kappa shape index (κ1) is 14.9. The Balaban J connectivity index is 2.16. The molecule has 1 aliphatic heterocycles. The van der Waals surface area contributed by atoms with Gasteiger partial charge in [0.1, 0.15) is 0 Å². The molecule has 1 heterocycles. The van der Waals surface area contributed by atoms with E-state index in [9.17, 15) is 5.11 Å². The molecule has 2 nitrogen and oxygen atoms in total. The molecule has 1 saturated heterocycles. The lowest BCUT2D eigenvalue weighted by Crippen LogP contribution is -2.35. The highest BCUT2D eigenvalue weighted by molar-refractivity contribution is 9.10. The Morgan fingerprint density at radius 3 is 2.37 bits per heavy atom. The van der Waals surface area contributed by atoms with Crippen LogP contribution in [0.5, 0.6) is 0 Å². The molecule has 0 radical (unpaired) electrons. The van der Waals surface area contributed by atoms with Gasteiger partial charge >= 0.3 is 0 Å². The maximum atomic E-state index is 9.92. The Hall–Kier alpha value is -0.540. The van der Waals surface area contributed by atoms with Crippen molar-refractivity contribution < 1.29 is 5.11 Å². The second-order valence-corrected chi connectivity index (χ2v) is 6.86. The minimum absolute atomic E-state index is 0.411. The van der Waals surface area contributed by atoms with Gasteiger partial charge in [-0.15, -0.1) is 0 Å². The summed E-state index contributed by atoms with van der Waals surface area (Å²) in [6, 6.07) is 6.17. The summed E-state index contributed by atoms with van der Waals surface area (Å²) in [5, 5.41) is 9.92. The van der Waals surface area contributed by atoms with Crippen molar-refractivity contribution in [2.45, 2.75) is 39.7 Å². The zero-order valence-corrected chi connectivity index (χ0v) is 13.7. The fraction of sp³-hybridized carbons (Fsp3) is 0.625. The van der Waals surface area contributed by atoms with Crippen molar-refractivity contribution in [3.63, 3.8) is 0 Å². The molecule has 0 amide bonds. The van der Waals surface area contributed by atoms with Crippen molar-refractivity contribution in [3.8, 4) is 0 Å². The largest absolute Gasteiger partial charge is 0.389 e. The van der Waals surface area contributed by atoms with E-state index < -0.39 is 6.10 Å². The monoisotopic (exact) mass is 325 g/mol. The Kier molecular flexibility index (Phi) is 4.91. The van der Waals surface area contributed by atoms with E-state index in [1.807, 2.05) is 19.1 Å². The maximum absolute atomic E-state index is 9.92. The lowest BCUT2D eigenvalue weighted by molar-refractivity contribution is 0.199. The molecule has 1 fully saturated rings. The van der Waals surface area contributed by atoms with E-state index >= 15 is 0 Å². The second kappa shape index (κ2) is 6.27. The third-order valence-corrected chi connectivity index (χ3v) is 4.76. The summed E-state index contributed by atoms with van der Waals surface area (Å²) in [6.45, 7) is 8.67. The number of anilines is 1. The van der Waals surface area contributed by atoms with Crippen LogP contribution in [0.4, 0.5) is 5.69 Å². The van der Waals surface area contributed by atoms with Gasteiger partial charge in [-0.05, 0) is 43.7 Å². The van der Waals surface area contributed by atoms with Crippen LogP contribution < -0.4 is 4.90 Å². The predicted molar refractivity (Wildman–Crippen MR) is 84.6 cm³/mol. The first-order valence-electron chi connectivity index (χ1n) is 7.21. The molecule has 0 bridgehead atoms. The molecular formula is C16H24BrNO. The van der Waals surface area contributed by atoms with Gasteiger partial charge in [0.05, 0.1) is 6.10 Å². The number of rotatable bonds is 3. The normalized spacial score (nSPS) is 18.9. The molecule has 1 atom stereocenters. The highest BCUT2D eigenvalue weighted by atomic mass is 79.9. The lowest BCUT2D eigenvalue weighted by atomic mass is 9.86. The fourth-order valence-electron chi connectivity index (χ4n) is 2.95. The van der Waals surface area contributed by atoms with Gasteiger partial charge in [-0.3, -0.25) is 0 Å². The van der Waals surface area contributed by atoms with E-state index in [4.69, 9.17) is 0 Å². The Labute approximate surface area is 124 Å². The number of hydrogen-bond acceptors (Lipinski definition) is 2. The summed E-state index contributed by atoms with van der Waals surface area (Å²) >= 11 is 3.54. The number of piperidine rings is 1. The summed E-state index contributed by atoms with van der Waals surface area (Å²) in [6.07, 6.45) is 2.10. The van der Waals surface area contributed by atoms with E-state index in [1.54, 1.807) is 0 Å². The number of nitrogens with zero attached hydrogens (tertiary/aromatic N) is 1. The average molecular weight is 326 g/mol. The summed E-state index contributed by atoms with van der Waals surface area (Å²) in [5.41, 5.74) is 2.22. The third-order valence-electron chi connectivity index (χ3n) is 4.27. The number of aliphatic hydroxyl groups excluding tert-OH is 1. The van der Waals surface area contributed by atoms with Gasteiger partial charge in [-0.1, -0.05) is 35.8 Å². The van der Waals surface area contributed by atoms with Gasteiger partial charge in [-0.2, -0.15) is 0 Å². The Morgan fingerprint density at radius 1 is 1.21 bits per heavy atom. The molecule has 1 aliphatic rings. The van der Waals surface area contributed by atoms with Crippen LogP contribution in [-0.4, -0.2) is 18.2 Å². The predicted octanol–water partition coefficient (Wildman–Crippen LogP) is 4.37. The number of halogens is 1. The Morgan fingerprint density at radius 2 is 1.84 bits per heavy atom. The lowest BCUT2D eigenvalue weighted by Gasteiger charge is -2.36. The zero-order chi connectivity index (χ0) is 14.0. The third kappa shape index (κ3) is 3.51. The summed E-state index contributed by atoms with van der Waals surface area (Å²) in [7, 11) is 0. The molecule has 2 rings (SSSR count). The summed E-state index contributed by atoms with van der Waals surface area (Å²) in [5.74, 6) is 1.62. The number of hydrogen-bond donors (Lipinski definition) is 1. The van der Waals surface area contributed by atoms with Gasteiger partial charge in [0, 0.05) is 28.8 Å². The molecule has 1 unspecified atom stereocenters. The minimum Gasteiger partial charge on any atom is -0.389 e. The van der Waals surface area contributed by atoms with Crippen LogP contribution in [-0.2, 0) is 0 Å². The van der Waals surface area contributed by atoms with Gasteiger partial charge in [-0.25, -0.2) is 0 Å². The van der Waals surface area contributed by atoms with Gasteiger partial charge in [0.2, 0.25) is 0 Å². The van der Waals surface area contributed by atoms with Gasteiger partial charge in [0.25, 0.3) is 0 Å². The van der Waals surface area contributed by atoms with Crippen LogP contribution >= 0.6 is 15.9 Å². The molecular weight excluding hydrogens is 302 g/mol. The van der Waals surface area contributed by atoms with Crippen molar-refractivity contribution in [1.82, 2.24) is 0 Å². The van der Waals surface area contributed by atoms with Crippen LogP contribution in [0.3, 0.4) is 0 Å². The van der Waals surface area contributed by atoms with Crippen molar-refractivity contribution in [3.05, 3.63) is 28.2 Å². The van der Waals surface area contributed by atoms with E-state index in [0.29, 0.717) is 0 Å². The SMILES string of the molecule is CC(O)c1ccc(Br)cc1N1CCC(C(C)C)CC1. The molecule has 19 heavy (non-hydrogen) atoms. The summed E-state index contributed by atoms with van der Waals surface area (Å²) in [4.78, 5) is 2.42. The Bertz CT molecular complexity index is 423. The van der Waals surface area contributed by atoms with Crippen molar-refractivity contribution in [2.75, 3.05) is 18.0 Å². The topological polar surface area (TPSA) is 23.5 Å². The first-order chi connectivity index (χ1) is 8.99. The summed E-state index contributed by atoms with van der Waals surface area (Å²) < 4.78 is 1.08. The fourth-order valence-corrected chi connectivity index (χ4v) is 3.30. The second-order valence-electron chi connectivity index (χ2n) is 5.95. The van der Waals surface area contributed by atoms with E-state index in [1.165, 1.54) is 18.5 Å². The molecule has 0 aliphatic carbocycles. The highest BCUT2D eigenvalue weighted by Crippen LogP contribution is 2.33. The quantitative estimate of drug-likeness (QED) is 0.891. The molecule has 3 heteroatoms. The first-order valence-corrected chi connectivity index (χ1v) is 8.00. The standard InChI is InChI=1S/C16H24BrNO/c1-11(2)13-6-8-18(9-7-13)16-10-14(17)4-5-15(16)12(3)19/h4-5,10-13,19H,6-9H2,1-3H3. The average Bonchev–Trinajstić information content (AvgIpc) is 2.38. The van der Waals surface area contributed by atoms with Gasteiger partial charge < -0.3 is 10.0 Å². The van der Waals surface area contributed by atoms with E-state index in [0.717, 1.165) is 35.0 Å². The molecule has 0 spiro atoms. The van der Waals surface area contributed by atoms with Crippen LogP contribution in [0, 0.1) is 11.8 Å². The maximum Gasteiger partial charge on any atom is 0.0782 e. The smallest absolute Gasteiger partial charge is 0.0782 e. The van der Waals surface area contributed by atoms with E-state index in [-0.39, 0.29) is 0 Å². The molecule has 0 aromatic heterocycles. The molecule has 1 aromatic carbocycles. The number of benzene rings is 1. The van der Waals surface area contributed by atoms with Crippen LogP contribution in [0.15, 0.2) is 22.7 Å². The van der Waals surface area contributed by atoms with Gasteiger partial charge in [0.15, 0.2) is 0 Å². The molecule has 0 saturated carbocycles. The molecule has 1 aromatic rings. The highest BCUT2D eigenvalue weighted by Gasteiger charge is 2.23. The molecule has 1 N–H and O–H groups in total. The van der Waals surface area contributed by atoms with E-state index in [2.05, 4.69) is 40.7 Å². The minimum atomic E-state index is -0.411. The van der Waals surface area contributed by atoms with Crippen molar-refractivity contribution in [1.29, 1.82) is 0 Å².